The first-order valence-electron chi connectivity index (χ1n) is 14.8. The lowest BCUT2D eigenvalue weighted by atomic mass is 9.95. The topological polar surface area (TPSA) is 115 Å². The van der Waals surface area contributed by atoms with Crippen LogP contribution in [0.4, 0.5) is 5.13 Å². The number of hydrogen-bond donors (Lipinski definition) is 1. The fourth-order valence-corrected chi connectivity index (χ4v) is 5.97. The maximum Gasteiger partial charge on any atom is 0.350 e. The largest absolute Gasteiger partial charge is 0.507 e. The van der Waals surface area contributed by atoms with Gasteiger partial charge in [0.25, 0.3) is 5.78 Å². The van der Waals surface area contributed by atoms with E-state index in [1.54, 1.807) is 55.5 Å². The van der Waals surface area contributed by atoms with Crippen molar-refractivity contribution in [2.75, 3.05) is 18.1 Å². The first-order valence-corrected chi connectivity index (χ1v) is 15.6. The Balaban J connectivity index is 1.52. The molecule has 0 saturated carbocycles. The molecule has 0 spiro atoms. The van der Waals surface area contributed by atoms with E-state index in [0.717, 1.165) is 28.9 Å². The number of nitrogens with zero attached hydrogens (tertiary/aromatic N) is 2. The highest BCUT2D eigenvalue weighted by Gasteiger charge is 2.48. The molecule has 3 aromatic carbocycles. The normalized spacial score (nSPS) is 15.5. The van der Waals surface area contributed by atoms with Gasteiger partial charge in [-0.05, 0) is 73.4 Å². The van der Waals surface area contributed by atoms with E-state index in [4.69, 9.17) is 14.2 Å². The zero-order valence-corrected chi connectivity index (χ0v) is 26.6. The van der Waals surface area contributed by atoms with Gasteiger partial charge in [-0.1, -0.05) is 67.3 Å². The second-order valence-electron chi connectivity index (χ2n) is 10.6. The molecule has 0 bridgehead atoms. The Morgan fingerprint density at radius 3 is 2.35 bits per heavy atom. The van der Waals surface area contributed by atoms with Crippen molar-refractivity contribution in [1.82, 2.24) is 4.98 Å². The van der Waals surface area contributed by atoms with Crippen LogP contribution < -0.4 is 14.4 Å². The molecule has 5 rings (SSSR count). The summed E-state index contributed by atoms with van der Waals surface area (Å²) in [5.74, 6) is -1.51. The van der Waals surface area contributed by atoms with E-state index in [1.165, 1.54) is 11.0 Å². The maximum absolute atomic E-state index is 13.6. The number of anilines is 1. The Morgan fingerprint density at radius 1 is 1.00 bits per heavy atom. The number of thiazole rings is 1. The van der Waals surface area contributed by atoms with Gasteiger partial charge < -0.3 is 19.3 Å². The van der Waals surface area contributed by atoms with Gasteiger partial charge in [0.15, 0.2) is 5.13 Å². The number of rotatable bonds is 12. The number of amides is 1. The van der Waals surface area contributed by atoms with Gasteiger partial charge in [0.2, 0.25) is 0 Å². The summed E-state index contributed by atoms with van der Waals surface area (Å²) in [7, 11) is 0. The van der Waals surface area contributed by atoms with E-state index in [0.29, 0.717) is 41.5 Å². The van der Waals surface area contributed by atoms with E-state index in [2.05, 4.69) is 11.6 Å². The van der Waals surface area contributed by atoms with Crippen LogP contribution in [0.5, 0.6) is 11.5 Å². The van der Waals surface area contributed by atoms with E-state index in [-0.39, 0.29) is 27.9 Å². The lowest BCUT2D eigenvalue weighted by Gasteiger charge is -2.23. The Morgan fingerprint density at radius 2 is 1.67 bits per heavy atom. The third kappa shape index (κ3) is 6.72. The van der Waals surface area contributed by atoms with Crippen molar-refractivity contribution in [1.29, 1.82) is 0 Å². The molecule has 1 aromatic heterocycles. The molecule has 1 fully saturated rings. The van der Waals surface area contributed by atoms with Gasteiger partial charge in [-0.2, -0.15) is 0 Å². The monoisotopic (exact) mass is 638 g/mol. The molecule has 0 radical (unpaired) electrons. The summed E-state index contributed by atoms with van der Waals surface area (Å²) in [6.45, 7) is 10.1. The molecule has 2 heterocycles. The highest BCUT2D eigenvalue weighted by molar-refractivity contribution is 7.17. The van der Waals surface area contributed by atoms with Crippen molar-refractivity contribution >= 4 is 39.9 Å². The fraction of sp³-hybridized carbons (Fsp3) is 0.222. The Bertz CT molecular complexity index is 1790. The number of hydrogen-bond acceptors (Lipinski definition) is 9. The van der Waals surface area contributed by atoms with Crippen LogP contribution in [0.1, 0.15) is 57.0 Å². The summed E-state index contributed by atoms with van der Waals surface area (Å²) >= 11 is 0.937. The van der Waals surface area contributed by atoms with Crippen molar-refractivity contribution < 1.29 is 33.7 Å². The number of aromatic nitrogens is 1. The van der Waals surface area contributed by atoms with Crippen molar-refractivity contribution in [3.8, 4) is 11.5 Å². The van der Waals surface area contributed by atoms with E-state index in [9.17, 15) is 19.5 Å². The van der Waals surface area contributed by atoms with Gasteiger partial charge >= 0.3 is 11.9 Å². The molecule has 0 aliphatic carbocycles. The SMILES string of the molecule is C=CCOC(=O)c1sc(N2C(=O)C(=O)C(=C(O)c3ccc(OCc4ccccc4C)cc3)C2c2ccc(OCCC)cc2)nc1C. The molecule has 1 amide bonds. The number of aliphatic hydroxyl groups is 1. The van der Waals surface area contributed by atoms with Crippen molar-refractivity contribution in [3.05, 3.63) is 124 Å². The summed E-state index contributed by atoms with van der Waals surface area (Å²) in [5.41, 5.74) is 3.28. The molecule has 1 aliphatic rings. The minimum Gasteiger partial charge on any atom is -0.507 e. The van der Waals surface area contributed by atoms with Crippen molar-refractivity contribution in [2.24, 2.45) is 0 Å². The van der Waals surface area contributed by atoms with Gasteiger partial charge in [0.1, 0.15) is 35.3 Å². The Hall–Kier alpha value is -5.22. The second kappa shape index (κ2) is 14.3. The predicted molar refractivity (Wildman–Crippen MR) is 176 cm³/mol. The third-order valence-corrected chi connectivity index (χ3v) is 8.54. The average Bonchev–Trinajstić information content (AvgIpc) is 3.58. The van der Waals surface area contributed by atoms with Gasteiger partial charge in [-0.3, -0.25) is 14.5 Å². The molecule has 236 valence electrons. The Labute approximate surface area is 271 Å². The first-order chi connectivity index (χ1) is 22.2. The second-order valence-corrected chi connectivity index (χ2v) is 11.6. The fourth-order valence-electron chi connectivity index (χ4n) is 4.98. The number of esters is 1. The number of aryl methyl sites for hydroxylation is 2. The third-order valence-electron chi connectivity index (χ3n) is 7.41. The van der Waals surface area contributed by atoms with Crippen LogP contribution >= 0.6 is 11.3 Å². The molecule has 1 saturated heterocycles. The van der Waals surface area contributed by atoms with Crippen LogP contribution in [0, 0.1) is 13.8 Å². The van der Waals surface area contributed by atoms with Crippen LogP contribution in [-0.2, 0) is 20.9 Å². The molecule has 1 atom stereocenters. The van der Waals surface area contributed by atoms with Gasteiger partial charge in [0, 0.05) is 5.56 Å². The molecule has 1 unspecified atom stereocenters. The standard InChI is InChI=1S/C36H34N2O7S/c1-5-19-43-27-15-11-24(12-16-27)30-29(31(39)25-13-17-28(18-14-25)45-21-26-10-8-7-9-22(26)3)32(40)34(41)38(30)36-37-23(4)33(46-36)35(42)44-20-6-2/h6-18,30,39H,2,5,19-21H2,1,3-4H3. The van der Waals surface area contributed by atoms with E-state index in [1.807, 2.05) is 38.1 Å². The summed E-state index contributed by atoms with van der Waals surface area (Å²) in [4.78, 5) is 45.8. The van der Waals surface area contributed by atoms with Gasteiger partial charge in [-0.25, -0.2) is 9.78 Å². The summed E-state index contributed by atoms with van der Waals surface area (Å²) in [5, 5.41) is 11.7. The quantitative estimate of drug-likeness (QED) is 0.0575. The molecule has 1 aliphatic heterocycles. The van der Waals surface area contributed by atoms with Crippen molar-refractivity contribution in [3.63, 3.8) is 0 Å². The molecular weight excluding hydrogens is 604 g/mol. The molecule has 1 N–H and O–H groups in total. The van der Waals surface area contributed by atoms with Gasteiger partial charge in [0.05, 0.1) is 23.9 Å². The van der Waals surface area contributed by atoms with Crippen LogP contribution in [0.25, 0.3) is 5.76 Å². The minimum atomic E-state index is -1.03. The molecule has 10 heteroatoms. The summed E-state index contributed by atoms with van der Waals surface area (Å²) in [6.07, 6.45) is 2.28. The number of benzene rings is 3. The zero-order valence-electron chi connectivity index (χ0n) is 25.8. The molecule has 4 aromatic rings. The molecule has 9 nitrogen and oxygen atoms in total. The smallest absolute Gasteiger partial charge is 0.350 e. The number of ketones is 1. The highest BCUT2D eigenvalue weighted by atomic mass is 32.1. The number of carbonyl (C=O) groups is 3. The minimum absolute atomic E-state index is 0.0121. The van der Waals surface area contributed by atoms with Crippen LogP contribution in [-0.4, -0.2) is 41.0 Å². The number of aliphatic hydroxyl groups excluding tert-OH is 1. The van der Waals surface area contributed by atoms with Crippen LogP contribution in [0.2, 0.25) is 0 Å². The van der Waals surface area contributed by atoms with Gasteiger partial charge in [-0.15, -0.1) is 0 Å². The molecule has 46 heavy (non-hydrogen) atoms. The number of carbonyl (C=O) groups excluding carboxylic acids is 3. The van der Waals surface area contributed by atoms with Crippen molar-refractivity contribution in [2.45, 2.75) is 39.8 Å². The summed E-state index contributed by atoms with van der Waals surface area (Å²) < 4.78 is 16.9. The van der Waals surface area contributed by atoms with E-state index >= 15 is 0 Å². The maximum atomic E-state index is 13.6. The summed E-state index contributed by atoms with van der Waals surface area (Å²) in [6, 6.07) is 20.5. The lowest BCUT2D eigenvalue weighted by Crippen LogP contribution is -2.29. The predicted octanol–water partition coefficient (Wildman–Crippen LogP) is 7.10. The Kier molecular flexibility index (Phi) is 9.97. The highest BCUT2D eigenvalue weighted by Crippen LogP contribution is 2.44. The first kappa shape index (κ1) is 32.2. The van der Waals surface area contributed by atoms with Crippen LogP contribution in [0.15, 0.2) is 91.0 Å². The van der Waals surface area contributed by atoms with E-state index < -0.39 is 23.7 Å². The number of ether oxygens (including phenoxy) is 3. The number of Topliss-reactive ketones (excluding diaryl/α,β-unsaturated/α-hetero) is 1. The van der Waals surface area contributed by atoms with Crippen LogP contribution in [0.3, 0.4) is 0 Å². The molecular formula is C36H34N2O7S. The average molecular weight is 639 g/mol. The lowest BCUT2D eigenvalue weighted by molar-refractivity contribution is -0.132. The zero-order chi connectivity index (χ0) is 32.8.